The number of H-pyrrole nitrogens is 1. The van der Waals surface area contributed by atoms with Gasteiger partial charge in [-0.15, -0.1) is 0 Å². The predicted octanol–water partition coefficient (Wildman–Crippen LogP) is 2.52. The Kier molecular flexibility index (Phi) is 4.86. The van der Waals surface area contributed by atoms with Gasteiger partial charge in [-0.25, -0.2) is 13.1 Å². The fourth-order valence-electron chi connectivity index (χ4n) is 3.02. The zero-order valence-corrected chi connectivity index (χ0v) is 13.4. The first-order chi connectivity index (χ1) is 9.40. The second-order valence-electron chi connectivity index (χ2n) is 6.08. The van der Waals surface area contributed by atoms with Gasteiger partial charge in [0.15, 0.2) is 0 Å². The standard InChI is InChI=1S/C14H25N3O2S/c1-10-4-6-13(7-5-10)8-9-15-20(18,19)14-11(2)16-17-12(14)3/h10,13,15H,4-9H2,1-3H3,(H,16,17). The lowest BCUT2D eigenvalue weighted by Crippen LogP contribution is -2.27. The van der Waals surface area contributed by atoms with Crippen LogP contribution >= 0.6 is 0 Å². The minimum Gasteiger partial charge on any atom is -0.281 e. The smallest absolute Gasteiger partial charge is 0.244 e. The minimum absolute atomic E-state index is 0.301. The van der Waals surface area contributed by atoms with Crippen LogP contribution in [0.25, 0.3) is 0 Å². The molecule has 0 amide bonds. The summed E-state index contributed by atoms with van der Waals surface area (Å²) in [5.41, 5.74) is 1.13. The van der Waals surface area contributed by atoms with Crippen LogP contribution in [-0.2, 0) is 10.0 Å². The lowest BCUT2D eigenvalue weighted by Gasteiger charge is -2.26. The molecule has 2 N–H and O–H groups in total. The van der Waals surface area contributed by atoms with E-state index in [1.54, 1.807) is 13.8 Å². The Morgan fingerprint density at radius 3 is 2.45 bits per heavy atom. The first-order valence-corrected chi connectivity index (χ1v) is 8.89. The molecule has 0 atom stereocenters. The highest BCUT2D eigenvalue weighted by Crippen LogP contribution is 2.30. The summed E-state index contributed by atoms with van der Waals surface area (Å²) in [6.07, 6.45) is 5.94. The zero-order valence-electron chi connectivity index (χ0n) is 12.6. The van der Waals surface area contributed by atoms with Gasteiger partial charge in [0.1, 0.15) is 4.90 Å². The number of aromatic nitrogens is 2. The van der Waals surface area contributed by atoms with E-state index in [0.29, 0.717) is 28.7 Å². The molecular weight excluding hydrogens is 274 g/mol. The normalized spacial score (nSPS) is 23.9. The monoisotopic (exact) mass is 299 g/mol. The second kappa shape index (κ2) is 6.26. The molecule has 0 spiro atoms. The van der Waals surface area contributed by atoms with Gasteiger partial charge in [-0.2, -0.15) is 5.10 Å². The molecule has 1 fully saturated rings. The van der Waals surface area contributed by atoms with Crippen LogP contribution in [0.15, 0.2) is 4.90 Å². The summed E-state index contributed by atoms with van der Waals surface area (Å²) < 4.78 is 27.2. The molecule has 1 heterocycles. The van der Waals surface area contributed by atoms with Crippen molar-refractivity contribution in [2.45, 2.75) is 57.8 Å². The molecule has 1 aliphatic rings. The van der Waals surface area contributed by atoms with Crippen LogP contribution in [0.3, 0.4) is 0 Å². The van der Waals surface area contributed by atoms with E-state index in [0.717, 1.165) is 12.3 Å². The summed E-state index contributed by atoms with van der Waals surface area (Å²) in [7, 11) is -3.43. The third kappa shape index (κ3) is 3.61. The molecule has 1 aromatic heterocycles. The quantitative estimate of drug-likeness (QED) is 0.877. The highest BCUT2D eigenvalue weighted by atomic mass is 32.2. The Bertz CT molecular complexity index is 523. The van der Waals surface area contributed by atoms with Gasteiger partial charge in [-0.3, -0.25) is 5.10 Å². The van der Waals surface area contributed by atoms with Gasteiger partial charge in [-0.1, -0.05) is 32.6 Å². The predicted molar refractivity (Wildman–Crippen MR) is 79.0 cm³/mol. The van der Waals surface area contributed by atoms with Crippen molar-refractivity contribution in [3.8, 4) is 0 Å². The maximum atomic E-state index is 12.3. The molecule has 5 nitrogen and oxygen atoms in total. The molecular formula is C14H25N3O2S. The lowest BCUT2D eigenvalue weighted by atomic mass is 9.81. The fourth-order valence-corrected chi connectivity index (χ4v) is 4.44. The van der Waals surface area contributed by atoms with Crippen LogP contribution < -0.4 is 4.72 Å². The molecule has 0 unspecified atom stereocenters. The summed E-state index contributed by atoms with van der Waals surface area (Å²) in [4.78, 5) is 0.301. The highest BCUT2D eigenvalue weighted by Gasteiger charge is 2.23. The van der Waals surface area contributed by atoms with Gasteiger partial charge in [0.05, 0.1) is 11.4 Å². The van der Waals surface area contributed by atoms with Crippen LogP contribution in [0.4, 0.5) is 0 Å². The number of hydrogen-bond donors (Lipinski definition) is 2. The highest BCUT2D eigenvalue weighted by molar-refractivity contribution is 7.89. The SMILES string of the molecule is Cc1n[nH]c(C)c1S(=O)(=O)NCCC1CCC(C)CC1. The van der Waals surface area contributed by atoms with E-state index in [9.17, 15) is 8.42 Å². The largest absolute Gasteiger partial charge is 0.281 e. The van der Waals surface area contributed by atoms with E-state index < -0.39 is 10.0 Å². The zero-order chi connectivity index (χ0) is 14.8. The van der Waals surface area contributed by atoms with Gasteiger partial charge < -0.3 is 0 Å². The number of nitrogens with zero attached hydrogens (tertiary/aromatic N) is 1. The topological polar surface area (TPSA) is 74.8 Å². The molecule has 114 valence electrons. The number of hydrogen-bond acceptors (Lipinski definition) is 3. The van der Waals surface area contributed by atoms with E-state index in [4.69, 9.17) is 0 Å². The minimum atomic E-state index is -3.43. The van der Waals surface area contributed by atoms with Gasteiger partial charge in [0.25, 0.3) is 0 Å². The maximum absolute atomic E-state index is 12.3. The van der Waals surface area contributed by atoms with Crippen LogP contribution in [0.2, 0.25) is 0 Å². The lowest BCUT2D eigenvalue weighted by molar-refractivity contribution is 0.278. The van der Waals surface area contributed by atoms with Crippen molar-refractivity contribution in [1.82, 2.24) is 14.9 Å². The Hall–Kier alpha value is -0.880. The molecule has 0 aromatic carbocycles. The van der Waals surface area contributed by atoms with Crippen molar-refractivity contribution in [3.63, 3.8) is 0 Å². The van der Waals surface area contributed by atoms with Crippen molar-refractivity contribution in [2.75, 3.05) is 6.54 Å². The Morgan fingerprint density at radius 2 is 1.90 bits per heavy atom. The van der Waals surface area contributed by atoms with Crippen molar-refractivity contribution >= 4 is 10.0 Å². The molecule has 1 aromatic rings. The molecule has 6 heteroatoms. The molecule has 0 radical (unpaired) electrons. The summed E-state index contributed by atoms with van der Waals surface area (Å²) >= 11 is 0. The summed E-state index contributed by atoms with van der Waals surface area (Å²) in [6, 6.07) is 0. The van der Waals surface area contributed by atoms with Crippen molar-refractivity contribution in [1.29, 1.82) is 0 Å². The number of rotatable bonds is 5. The first kappa shape index (κ1) is 15.5. The molecule has 0 aliphatic heterocycles. The summed E-state index contributed by atoms with van der Waals surface area (Å²) in [6.45, 7) is 6.26. The number of nitrogens with one attached hydrogen (secondary N) is 2. The molecule has 0 saturated heterocycles. The van der Waals surface area contributed by atoms with Gasteiger partial charge >= 0.3 is 0 Å². The number of aryl methyl sites for hydroxylation is 2. The third-order valence-electron chi connectivity index (χ3n) is 4.31. The molecule has 2 rings (SSSR count). The first-order valence-electron chi connectivity index (χ1n) is 7.41. The molecule has 1 aliphatic carbocycles. The molecule has 20 heavy (non-hydrogen) atoms. The Morgan fingerprint density at radius 1 is 1.25 bits per heavy atom. The number of sulfonamides is 1. The van der Waals surface area contributed by atoms with E-state index in [1.165, 1.54) is 25.7 Å². The van der Waals surface area contributed by atoms with Gasteiger partial charge in [0.2, 0.25) is 10.0 Å². The Balaban J connectivity index is 1.87. The van der Waals surface area contributed by atoms with Crippen LogP contribution in [0.1, 0.15) is 50.4 Å². The average molecular weight is 299 g/mol. The van der Waals surface area contributed by atoms with Crippen LogP contribution in [0.5, 0.6) is 0 Å². The fraction of sp³-hybridized carbons (Fsp3) is 0.786. The van der Waals surface area contributed by atoms with E-state index in [-0.39, 0.29) is 0 Å². The Labute approximate surface area is 121 Å². The van der Waals surface area contributed by atoms with Gasteiger partial charge in [0, 0.05) is 6.54 Å². The third-order valence-corrected chi connectivity index (χ3v) is 6.03. The van der Waals surface area contributed by atoms with E-state index in [1.807, 2.05) is 0 Å². The van der Waals surface area contributed by atoms with E-state index in [2.05, 4.69) is 21.8 Å². The van der Waals surface area contributed by atoms with Crippen molar-refractivity contribution < 1.29 is 8.42 Å². The maximum Gasteiger partial charge on any atom is 0.244 e. The second-order valence-corrected chi connectivity index (χ2v) is 7.78. The van der Waals surface area contributed by atoms with Crippen molar-refractivity contribution in [3.05, 3.63) is 11.4 Å². The van der Waals surface area contributed by atoms with Crippen molar-refractivity contribution in [2.24, 2.45) is 11.8 Å². The summed E-state index contributed by atoms with van der Waals surface area (Å²) in [5, 5.41) is 6.66. The van der Waals surface area contributed by atoms with E-state index >= 15 is 0 Å². The summed E-state index contributed by atoms with van der Waals surface area (Å²) in [5.74, 6) is 1.50. The van der Waals surface area contributed by atoms with Gasteiger partial charge in [-0.05, 0) is 32.1 Å². The molecule has 1 saturated carbocycles. The van der Waals surface area contributed by atoms with Crippen LogP contribution in [0, 0.1) is 25.7 Å². The average Bonchev–Trinajstić information content (AvgIpc) is 2.72. The number of aromatic amines is 1. The van der Waals surface area contributed by atoms with Crippen LogP contribution in [-0.4, -0.2) is 25.2 Å². The molecule has 0 bridgehead atoms.